The molecule has 0 heterocycles. The molecule has 0 bridgehead atoms. The van der Waals surface area contributed by atoms with Crippen LogP contribution in [-0.2, 0) is 9.59 Å². The molecule has 0 aromatic heterocycles. The van der Waals surface area contributed by atoms with E-state index >= 15 is 0 Å². The minimum atomic E-state index is -0.251. The van der Waals surface area contributed by atoms with E-state index in [0.29, 0.717) is 12.0 Å². The summed E-state index contributed by atoms with van der Waals surface area (Å²) in [5.74, 6) is -0.740. The molecule has 0 unspecified atom stereocenters. The molecule has 0 saturated carbocycles. The van der Waals surface area contributed by atoms with Gasteiger partial charge in [0.25, 0.3) is 0 Å². The Kier molecular flexibility index (Phi) is 6.50. The van der Waals surface area contributed by atoms with E-state index in [9.17, 15) is 14.7 Å². The SMILES string of the molecule is CCCCCC(=O)CC(=O)/C=C/c1ccc(O)c(O)c1. The average Bonchev–Trinajstić information content (AvgIpc) is 2.40. The summed E-state index contributed by atoms with van der Waals surface area (Å²) in [4.78, 5) is 23.1. The van der Waals surface area contributed by atoms with Crippen molar-refractivity contribution in [2.75, 3.05) is 0 Å². The summed E-state index contributed by atoms with van der Waals surface area (Å²) in [7, 11) is 0. The maximum absolute atomic E-state index is 11.6. The number of phenols is 2. The van der Waals surface area contributed by atoms with Gasteiger partial charge in [-0.05, 0) is 30.2 Å². The monoisotopic (exact) mass is 276 g/mol. The van der Waals surface area contributed by atoms with Gasteiger partial charge in [-0.3, -0.25) is 9.59 Å². The molecule has 0 saturated heterocycles. The second-order valence-electron chi connectivity index (χ2n) is 4.72. The van der Waals surface area contributed by atoms with Crippen molar-refractivity contribution in [3.05, 3.63) is 29.8 Å². The van der Waals surface area contributed by atoms with Gasteiger partial charge in [0.1, 0.15) is 5.78 Å². The molecule has 4 heteroatoms. The smallest absolute Gasteiger partial charge is 0.163 e. The molecule has 0 aliphatic heterocycles. The van der Waals surface area contributed by atoms with Crippen LogP contribution in [0.4, 0.5) is 0 Å². The van der Waals surface area contributed by atoms with Crippen molar-refractivity contribution in [1.82, 2.24) is 0 Å². The van der Waals surface area contributed by atoms with E-state index in [1.54, 1.807) is 6.07 Å². The van der Waals surface area contributed by atoms with Crippen LogP contribution < -0.4 is 0 Å². The summed E-state index contributed by atoms with van der Waals surface area (Å²) in [6, 6.07) is 4.26. The van der Waals surface area contributed by atoms with Gasteiger partial charge < -0.3 is 10.2 Å². The van der Waals surface area contributed by atoms with E-state index in [1.807, 2.05) is 0 Å². The summed E-state index contributed by atoms with van der Waals surface area (Å²) in [5.41, 5.74) is 0.590. The van der Waals surface area contributed by atoms with Gasteiger partial charge in [-0.15, -0.1) is 0 Å². The highest BCUT2D eigenvalue weighted by atomic mass is 16.3. The Labute approximate surface area is 118 Å². The lowest BCUT2D eigenvalue weighted by Gasteiger charge is -1.99. The van der Waals surface area contributed by atoms with E-state index < -0.39 is 0 Å². The molecule has 0 aliphatic carbocycles. The first-order valence-electron chi connectivity index (χ1n) is 6.77. The number of phenolic OH excluding ortho intramolecular Hbond substituents is 2. The third-order valence-corrected chi connectivity index (χ3v) is 2.89. The molecule has 108 valence electrons. The first kappa shape index (κ1) is 16.0. The van der Waals surface area contributed by atoms with Crippen LogP contribution in [0.15, 0.2) is 24.3 Å². The number of rotatable bonds is 8. The van der Waals surface area contributed by atoms with Crippen LogP contribution in [0, 0.1) is 0 Å². The second-order valence-corrected chi connectivity index (χ2v) is 4.72. The van der Waals surface area contributed by atoms with Gasteiger partial charge in [-0.1, -0.05) is 31.9 Å². The third kappa shape index (κ3) is 5.69. The number of carbonyl (C=O) groups excluding carboxylic acids is 2. The lowest BCUT2D eigenvalue weighted by atomic mass is 10.1. The summed E-state index contributed by atoms with van der Waals surface area (Å²) in [5, 5.41) is 18.5. The van der Waals surface area contributed by atoms with Crippen molar-refractivity contribution in [3.63, 3.8) is 0 Å². The molecule has 0 radical (unpaired) electrons. The van der Waals surface area contributed by atoms with Crippen molar-refractivity contribution < 1.29 is 19.8 Å². The van der Waals surface area contributed by atoms with Crippen molar-refractivity contribution in [1.29, 1.82) is 0 Å². The first-order chi connectivity index (χ1) is 9.52. The molecule has 0 aliphatic rings. The summed E-state index contributed by atoms with van der Waals surface area (Å²) in [6.45, 7) is 2.06. The Morgan fingerprint density at radius 1 is 1.15 bits per heavy atom. The topological polar surface area (TPSA) is 74.6 Å². The van der Waals surface area contributed by atoms with Crippen LogP contribution in [0.5, 0.6) is 11.5 Å². The van der Waals surface area contributed by atoms with Crippen LogP contribution in [0.25, 0.3) is 6.08 Å². The van der Waals surface area contributed by atoms with E-state index in [4.69, 9.17) is 5.11 Å². The van der Waals surface area contributed by atoms with Gasteiger partial charge in [-0.25, -0.2) is 0 Å². The molecule has 0 fully saturated rings. The highest BCUT2D eigenvalue weighted by molar-refractivity contribution is 6.06. The van der Waals surface area contributed by atoms with E-state index in [0.717, 1.165) is 19.3 Å². The Morgan fingerprint density at radius 2 is 1.90 bits per heavy atom. The molecule has 1 aromatic carbocycles. The van der Waals surface area contributed by atoms with Crippen LogP contribution in [-0.4, -0.2) is 21.8 Å². The highest BCUT2D eigenvalue weighted by Gasteiger charge is 2.06. The molecular weight excluding hydrogens is 256 g/mol. The van der Waals surface area contributed by atoms with Crippen molar-refractivity contribution in [2.45, 2.75) is 39.0 Å². The number of carbonyl (C=O) groups is 2. The van der Waals surface area contributed by atoms with Crippen molar-refractivity contribution in [2.24, 2.45) is 0 Å². The molecule has 4 nitrogen and oxygen atoms in total. The minimum Gasteiger partial charge on any atom is -0.504 e. The molecule has 0 amide bonds. The summed E-state index contributed by atoms with van der Waals surface area (Å²) < 4.78 is 0. The van der Waals surface area contributed by atoms with Gasteiger partial charge in [-0.2, -0.15) is 0 Å². The van der Waals surface area contributed by atoms with Gasteiger partial charge in [0.15, 0.2) is 17.3 Å². The highest BCUT2D eigenvalue weighted by Crippen LogP contribution is 2.25. The molecular formula is C16H20O4. The van der Waals surface area contributed by atoms with Gasteiger partial charge in [0.2, 0.25) is 0 Å². The zero-order valence-electron chi connectivity index (χ0n) is 11.6. The van der Waals surface area contributed by atoms with Crippen LogP contribution in [0.1, 0.15) is 44.6 Å². The van der Waals surface area contributed by atoms with Gasteiger partial charge in [0.05, 0.1) is 6.42 Å². The fourth-order valence-electron chi connectivity index (χ4n) is 1.75. The minimum absolute atomic E-state index is 0.0401. The molecule has 1 aromatic rings. The van der Waals surface area contributed by atoms with Gasteiger partial charge in [0, 0.05) is 6.42 Å². The number of benzene rings is 1. The first-order valence-corrected chi connectivity index (χ1v) is 6.77. The van der Waals surface area contributed by atoms with Crippen LogP contribution in [0.2, 0.25) is 0 Å². The Balaban J connectivity index is 2.46. The second kappa shape index (κ2) is 8.15. The Morgan fingerprint density at radius 3 is 2.55 bits per heavy atom. The fourth-order valence-corrected chi connectivity index (χ4v) is 1.75. The largest absolute Gasteiger partial charge is 0.504 e. The quantitative estimate of drug-likeness (QED) is 0.331. The predicted molar refractivity (Wildman–Crippen MR) is 77.6 cm³/mol. The maximum atomic E-state index is 11.6. The lowest BCUT2D eigenvalue weighted by molar-refractivity contribution is -0.124. The molecule has 0 atom stereocenters. The molecule has 0 spiro atoms. The standard InChI is InChI=1S/C16H20O4/c1-2-3-4-5-13(17)11-14(18)8-6-12-7-9-15(19)16(20)10-12/h6-10,19-20H,2-5,11H2,1H3/b8-6+. The zero-order chi connectivity index (χ0) is 15.0. The van der Waals surface area contributed by atoms with E-state index in [-0.39, 0.29) is 29.5 Å². The molecule has 20 heavy (non-hydrogen) atoms. The Bertz CT molecular complexity index is 503. The number of unbranched alkanes of at least 4 members (excludes halogenated alkanes) is 2. The average molecular weight is 276 g/mol. The van der Waals surface area contributed by atoms with Crippen LogP contribution >= 0.6 is 0 Å². The van der Waals surface area contributed by atoms with E-state index in [2.05, 4.69) is 6.92 Å². The van der Waals surface area contributed by atoms with Crippen molar-refractivity contribution >= 4 is 17.6 Å². The number of allylic oxidation sites excluding steroid dienone is 1. The van der Waals surface area contributed by atoms with Gasteiger partial charge >= 0.3 is 0 Å². The number of hydrogen-bond acceptors (Lipinski definition) is 4. The molecule has 2 N–H and O–H groups in total. The van der Waals surface area contributed by atoms with Crippen molar-refractivity contribution in [3.8, 4) is 11.5 Å². The predicted octanol–water partition coefficient (Wildman–Crippen LogP) is 3.22. The Hall–Kier alpha value is -2.10. The maximum Gasteiger partial charge on any atom is 0.163 e. The molecule has 1 rings (SSSR count). The fraction of sp³-hybridized carbons (Fsp3) is 0.375. The summed E-state index contributed by atoms with van der Waals surface area (Å²) in [6.07, 6.45) is 6.09. The normalized spacial score (nSPS) is 10.8. The summed E-state index contributed by atoms with van der Waals surface area (Å²) >= 11 is 0. The number of ketones is 2. The third-order valence-electron chi connectivity index (χ3n) is 2.89. The number of Topliss-reactive ketones (excluding diaryl/α,β-unsaturated/α-hetero) is 1. The van der Waals surface area contributed by atoms with Crippen LogP contribution in [0.3, 0.4) is 0 Å². The zero-order valence-corrected chi connectivity index (χ0v) is 11.6. The van der Waals surface area contributed by atoms with E-state index in [1.165, 1.54) is 24.3 Å². The number of hydrogen-bond donors (Lipinski definition) is 2. The lowest BCUT2D eigenvalue weighted by Crippen LogP contribution is -2.04. The number of aromatic hydroxyl groups is 2.